The SMILES string of the molecule is COC1(c2noc([C@@H]3CC(O)CN3)n2)CCCCC1. The summed E-state index contributed by atoms with van der Waals surface area (Å²) in [6, 6.07) is -0.0336. The molecule has 19 heavy (non-hydrogen) atoms. The first-order valence-electron chi connectivity index (χ1n) is 7.04. The van der Waals surface area contributed by atoms with Gasteiger partial charge in [-0.3, -0.25) is 0 Å². The zero-order valence-electron chi connectivity index (χ0n) is 11.3. The Bertz CT molecular complexity index is 429. The molecule has 1 aliphatic carbocycles. The molecule has 2 N–H and O–H groups in total. The number of hydrogen-bond acceptors (Lipinski definition) is 6. The van der Waals surface area contributed by atoms with Gasteiger partial charge in [-0.15, -0.1) is 0 Å². The minimum atomic E-state index is -0.378. The molecule has 1 saturated heterocycles. The van der Waals surface area contributed by atoms with Crippen molar-refractivity contribution in [2.24, 2.45) is 0 Å². The monoisotopic (exact) mass is 267 g/mol. The molecule has 0 spiro atoms. The third-order valence-corrected chi connectivity index (χ3v) is 4.31. The molecule has 2 fully saturated rings. The molecule has 1 saturated carbocycles. The van der Waals surface area contributed by atoms with Gasteiger partial charge in [0.1, 0.15) is 5.60 Å². The number of nitrogens with zero attached hydrogens (tertiary/aromatic N) is 2. The van der Waals surface area contributed by atoms with Gasteiger partial charge in [-0.2, -0.15) is 4.98 Å². The van der Waals surface area contributed by atoms with Crippen LogP contribution in [0.4, 0.5) is 0 Å². The van der Waals surface area contributed by atoms with Gasteiger partial charge in [0, 0.05) is 13.7 Å². The maximum Gasteiger partial charge on any atom is 0.243 e. The predicted octanol–water partition coefficient (Wildman–Crippen LogP) is 1.27. The van der Waals surface area contributed by atoms with E-state index in [1.54, 1.807) is 7.11 Å². The van der Waals surface area contributed by atoms with E-state index in [1.165, 1.54) is 6.42 Å². The average molecular weight is 267 g/mol. The van der Waals surface area contributed by atoms with Crippen molar-refractivity contribution in [1.29, 1.82) is 0 Å². The Labute approximate surface area is 112 Å². The van der Waals surface area contributed by atoms with Crippen molar-refractivity contribution in [2.45, 2.75) is 56.3 Å². The summed E-state index contributed by atoms with van der Waals surface area (Å²) in [7, 11) is 1.72. The van der Waals surface area contributed by atoms with Gasteiger partial charge in [-0.1, -0.05) is 24.4 Å². The van der Waals surface area contributed by atoms with E-state index in [-0.39, 0.29) is 17.7 Å². The highest BCUT2D eigenvalue weighted by Gasteiger charge is 2.39. The highest BCUT2D eigenvalue weighted by Crippen LogP contribution is 2.39. The van der Waals surface area contributed by atoms with Gasteiger partial charge < -0.3 is 19.7 Å². The number of aromatic nitrogens is 2. The number of hydrogen-bond donors (Lipinski definition) is 2. The van der Waals surface area contributed by atoms with Crippen molar-refractivity contribution >= 4 is 0 Å². The second kappa shape index (κ2) is 5.19. The van der Waals surface area contributed by atoms with Crippen LogP contribution in [0.25, 0.3) is 0 Å². The summed E-state index contributed by atoms with van der Waals surface area (Å²) in [6.45, 7) is 0.581. The zero-order chi connectivity index (χ0) is 13.3. The van der Waals surface area contributed by atoms with Crippen molar-refractivity contribution in [3.05, 3.63) is 11.7 Å². The summed E-state index contributed by atoms with van der Waals surface area (Å²) >= 11 is 0. The van der Waals surface area contributed by atoms with Crippen LogP contribution in [-0.2, 0) is 10.3 Å². The maximum atomic E-state index is 9.54. The zero-order valence-corrected chi connectivity index (χ0v) is 11.3. The van der Waals surface area contributed by atoms with E-state index in [0.29, 0.717) is 24.7 Å². The molecule has 2 aliphatic rings. The Kier molecular flexibility index (Phi) is 3.56. The standard InChI is InChI=1S/C13H21N3O3/c1-18-13(5-3-2-4-6-13)12-15-11(19-16-12)10-7-9(17)8-14-10/h9-10,14,17H,2-8H2,1H3/t9?,10-/m0/s1. The van der Waals surface area contributed by atoms with Gasteiger partial charge in [-0.05, 0) is 19.3 Å². The van der Waals surface area contributed by atoms with Crippen LogP contribution < -0.4 is 5.32 Å². The van der Waals surface area contributed by atoms with E-state index in [9.17, 15) is 5.11 Å². The summed E-state index contributed by atoms with van der Waals surface area (Å²) in [4.78, 5) is 4.52. The molecular weight excluding hydrogens is 246 g/mol. The van der Waals surface area contributed by atoms with E-state index in [1.807, 2.05) is 0 Å². The first kappa shape index (κ1) is 13.0. The molecule has 0 aromatic carbocycles. The third kappa shape index (κ3) is 2.40. The highest BCUT2D eigenvalue weighted by atomic mass is 16.5. The number of aliphatic hydroxyl groups excluding tert-OH is 1. The molecule has 6 heteroatoms. The molecule has 3 rings (SSSR count). The second-order valence-electron chi connectivity index (χ2n) is 5.57. The van der Waals surface area contributed by atoms with E-state index < -0.39 is 0 Å². The Morgan fingerprint density at radius 1 is 1.37 bits per heavy atom. The van der Waals surface area contributed by atoms with E-state index >= 15 is 0 Å². The number of rotatable bonds is 3. The molecule has 6 nitrogen and oxygen atoms in total. The maximum absolute atomic E-state index is 9.54. The summed E-state index contributed by atoms with van der Waals surface area (Å²) in [5.74, 6) is 1.22. The van der Waals surface area contributed by atoms with Crippen LogP contribution in [0.3, 0.4) is 0 Å². The van der Waals surface area contributed by atoms with E-state index in [2.05, 4.69) is 15.5 Å². The van der Waals surface area contributed by atoms with Crippen molar-refractivity contribution in [3.63, 3.8) is 0 Å². The molecule has 0 radical (unpaired) electrons. The normalized spacial score (nSPS) is 30.6. The summed E-state index contributed by atoms with van der Waals surface area (Å²) in [6.07, 6.45) is 5.71. The number of nitrogens with one attached hydrogen (secondary N) is 1. The lowest BCUT2D eigenvalue weighted by molar-refractivity contribution is -0.0527. The molecule has 2 atom stereocenters. The lowest BCUT2D eigenvalue weighted by Crippen LogP contribution is -2.32. The molecule has 106 valence electrons. The Morgan fingerprint density at radius 3 is 2.79 bits per heavy atom. The molecule has 2 heterocycles. The Balaban J connectivity index is 1.79. The van der Waals surface area contributed by atoms with Crippen LogP contribution in [-0.4, -0.2) is 35.0 Å². The smallest absolute Gasteiger partial charge is 0.243 e. The molecule has 1 aliphatic heterocycles. The van der Waals surface area contributed by atoms with Gasteiger partial charge in [-0.25, -0.2) is 0 Å². The predicted molar refractivity (Wildman–Crippen MR) is 67.4 cm³/mol. The molecular formula is C13H21N3O3. The van der Waals surface area contributed by atoms with Crippen LogP contribution in [0.1, 0.15) is 56.3 Å². The molecule has 1 unspecified atom stereocenters. The van der Waals surface area contributed by atoms with Crippen LogP contribution in [0.5, 0.6) is 0 Å². The first-order chi connectivity index (χ1) is 9.23. The average Bonchev–Trinajstić information content (AvgIpc) is 3.08. The third-order valence-electron chi connectivity index (χ3n) is 4.31. The van der Waals surface area contributed by atoms with Crippen LogP contribution in [0.2, 0.25) is 0 Å². The summed E-state index contributed by atoms with van der Waals surface area (Å²) < 4.78 is 11.1. The van der Waals surface area contributed by atoms with Crippen molar-refractivity contribution < 1.29 is 14.4 Å². The fourth-order valence-electron chi connectivity index (χ4n) is 3.11. The molecule has 0 bridgehead atoms. The first-order valence-corrected chi connectivity index (χ1v) is 7.04. The summed E-state index contributed by atoms with van der Waals surface area (Å²) in [5, 5.41) is 16.8. The number of methoxy groups -OCH3 is 1. The topological polar surface area (TPSA) is 80.4 Å². The van der Waals surface area contributed by atoms with Crippen LogP contribution >= 0.6 is 0 Å². The van der Waals surface area contributed by atoms with Crippen LogP contribution in [0, 0.1) is 0 Å². The largest absolute Gasteiger partial charge is 0.392 e. The lowest BCUT2D eigenvalue weighted by atomic mass is 9.84. The Morgan fingerprint density at radius 2 is 2.16 bits per heavy atom. The van der Waals surface area contributed by atoms with Crippen LogP contribution in [0.15, 0.2) is 4.52 Å². The second-order valence-corrected chi connectivity index (χ2v) is 5.57. The molecule has 1 aromatic rings. The highest BCUT2D eigenvalue weighted by molar-refractivity contribution is 5.06. The minimum absolute atomic E-state index is 0.0336. The number of ether oxygens (including phenoxy) is 1. The van der Waals surface area contributed by atoms with Gasteiger partial charge in [0.25, 0.3) is 0 Å². The molecule has 1 aromatic heterocycles. The van der Waals surface area contributed by atoms with E-state index in [4.69, 9.17) is 9.26 Å². The number of β-amino-alcohol motifs (C(OH)–C–C–N with tert-alkyl or cyclic N) is 1. The van der Waals surface area contributed by atoms with Gasteiger partial charge in [0.05, 0.1) is 12.1 Å². The fourth-order valence-corrected chi connectivity index (χ4v) is 3.11. The lowest BCUT2D eigenvalue weighted by Gasteiger charge is -2.32. The van der Waals surface area contributed by atoms with Gasteiger partial charge in [0.2, 0.25) is 11.7 Å². The fraction of sp³-hybridized carbons (Fsp3) is 0.846. The van der Waals surface area contributed by atoms with Crippen molar-refractivity contribution in [1.82, 2.24) is 15.5 Å². The van der Waals surface area contributed by atoms with Crippen molar-refractivity contribution in [2.75, 3.05) is 13.7 Å². The molecule has 0 amide bonds. The van der Waals surface area contributed by atoms with Gasteiger partial charge >= 0.3 is 0 Å². The van der Waals surface area contributed by atoms with Crippen molar-refractivity contribution in [3.8, 4) is 0 Å². The minimum Gasteiger partial charge on any atom is -0.392 e. The summed E-state index contributed by atoms with van der Waals surface area (Å²) in [5.41, 5.74) is -0.378. The van der Waals surface area contributed by atoms with E-state index in [0.717, 1.165) is 25.7 Å². The van der Waals surface area contributed by atoms with Gasteiger partial charge in [0.15, 0.2) is 0 Å². The number of aliphatic hydroxyl groups is 1. The quantitative estimate of drug-likeness (QED) is 0.858. The Hall–Kier alpha value is -0.980.